The number of rotatable bonds is 6. The number of hydrogen-bond acceptors (Lipinski definition) is 3. The molecule has 0 aliphatic heterocycles. The summed E-state index contributed by atoms with van der Waals surface area (Å²) in [5, 5.41) is 0.733. The highest BCUT2D eigenvalue weighted by molar-refractivity contribution is 7.99. The summed E-state index contributed by atoms with van der Waals surface area (Å²) in [4.78, 5) is 15.9. The number of thioether (sulfide) groups is 1. The minimum absolute atomic E-state index is 0.124. The maximum Gasteiger partial charge on any atom is 0.223 e. The lowest BCUT2D eigenvalue weighted by atomic mass is 10.4. The van der Waals surface area contributed by atoms with Crippen LogP contribution in [0.2, 0.25) is 9.36 Å². The molecule has 0 fully saturated rings. The maximum atomic E-state index is 12.1. The summed E-state index contributed by atoms with van der Waals surface area (Å²) in [6, 6.07) is 11.5. The van der Waals surface area contributed by atoms with Gasteiger partial charge in [-0.25, -0.2) is 0 Å². The minimum atomic E-state index is 0.124. The van der Waals surface area contributed by atoms with E-state index in [0.717, 1.165) is 24.9 Å². The number of halogens is 2. The lowest BCUT2D eigenvalue weighted by Gasteiger charge is -2.16. The zero-order chi connectivity index (χ0) is 15.2. The second-order valence-electron chi connectivity index (χ2n) is 4.48. The van der Waals surface area contributed by atoms with E-state index in [-0.39, 0.29) is 5.91 Å². The molecule has 112 valence electrons. The molecule has 0 saturated heterocycles. The van der Waals surface area contributed by atoms with Crippen LogP contribution in [-0.2, 0) is 11.3 Å². The summed E-state index contributed by atoms with van der Waals surface area (Å²) >= 11 is 15.1. The summed E-state index contributed by atoms with van der Waals surface area (Å²) in [5.74, 6) is 0.844. The largest absolute Gasteiger partial charge is 0.341 e. The zero-order valence-electron chi connectivity index (χ0n) is 11.5. The SMILES string of the molecule is CN(Cc1ccc(Cl)s1)C(=O)CCSc1ccccc1Cl. The third-order valence-electron chi connectivity index (χ3n) is 2.86. The van der Waals surface area contributed by atoms with E-state index >= 15 is 0 Å². The molecule has 21 heavy (non-hydrogen) atoms. The van der Waals surface area contributed by atoms with E-state index in [2.05, 4.69) is 0 Å². The van der Waals surface area contributed by atoms with Crippen molar-refractivity contribution in [2.24, 2.45) is 0 Å². The lowest BCUT2D eigenvalue weighted by molar-refractivity contribution is -0.129. The number of amides is 1. The van der Waals surface area contributed by atoms with Gasteiger partial charge in [0.05, 0.1) is 15.9 Å². The fourth-order valence-electron chi connectivity index (χ4n) is 1.76. The minimum Gasteiger partial charge on any atom is -0.341 e. The molecule has 0 aliphatic carbocycles. The molecule has 6 heteroatoms. The lowest BCUT2D eigenvalue weighted by Crippen LogP contribution is -2.25. The van der Waals surface area contributed by atoms with Gasteiger partial charge in [0.25, 0.3) is 0 Å². The van der Waals surface area contributed by atoms with E-state index < -0.39 is 0 Å². The monoisotopic (exact) mass is 359 g/mol. The fraction of sp³-hybridized carbons (Fsp3) is 0.267. The Labute approximate surface area is 143 Å². The van der Waals surface area contributed by atoms with Crippen molar-refractivity contribution in [1.82, 2.24) is 4.90 Å². The van der Waals surface area contributed by atoms with Crippen LogP contribution in [-0.4, -0.2) is 23.6 Å². The molecule has 0 spiro atoms. The Balaban J connectivity index is 1.77. The normalized spacial score (nSPS) is 10.6. The van der Waals surface area contributed by atoms with Crippen molar-refractivity contribution < 1.29 is 4.79 Å². The van der Waals surface area contributed by atoms with E-state index in [0.29, 0.717) is 13.0 Å². The van der Waals surface area contributed by atoms with Crippen LogP contribution >= 0.6 is 46.3 Å². The van der Waals surface area contributed by atoms with Gasteiger partial charge in [-0.05, 0) is 24.3 Å². The Morgan fingerprint density at radius 1 is 1.24 bits per heavy atom. The molecule has 1 amide bonds. The van der Waals surface area contributed by atoms with Crippen molar-refractivity contribution in [3.05, 3.63) is 50.6 Å². The first-order valence-corrected chi connectivity index (χ1v) is 8.97. The Hall–Kier alpha value is -0.680. The topological polar surface area (TPSA) is 20.3 Å². The number of nitrogens with zero attached hydrogens (tertiary/aromatic N) is 1. The highest BCUT2D eigenvalue weighted by atomic mass is 35.5. The number of benzene rings is 1. The molecule has 2 aromatic rings. The van der Waals surface area contributed by atoms with E-state index in [1.807, 2.05) is 43.4 Å². The quantitative estimate of drug-likeness (QED) is 0.661. The van der Waals surface area contributed by atoms with Gasteiger partial charge in [-0.1, -0.05) is 35.3 Å². The Morgan fingerprint density at radius 3 is 2.67 bits per heavy atom. The van der Waals surface area contributed by atoms with Crippen LogP contribution in [0.25, 0.3) is 0 Å². The van der Waals surface area contributed by atoms with Crippen LogP contribution in [0.4, 0.5) is 0 Å². The first-order chi connectivity index (χ1) is 10.1. The van der Waals surface area contributed by atoms with Gasteiger partial charge < -0.3 is 4.90 Å². The zero-order valence-corrected chi connectivity index (χ0v) is 14.7. The molecule has 0 aliphatic rings. The molecule has 1 aromatic carbocycles. The summed E-state index contributed by atoms with van der Waals surface area (Å²) < 4.78 is 0.750. The van der Waals surface area contributed by atoms with Crippen LogP contribution in [0.3, 0.4) is 0 Å². The van der Waals surface area contributed by atoms with Crippen LogP contribution in [0.15, 0.2) is 41.3 Å². The van der Waals surface area contributed by atoms with Gasteiger partial charge in [0, 0.05) is 29.0 Å². The van der Waals surface area contributed by atoms with Crippen molar-refractivity contribution in [3.8, 4) is 0 Å². The van der Waals surface area contributed by atoms with Crippen LogP contribution in [0.5, 0.6) is 0 Å². The first kappa shape index (κ1) is 16.7. The highest BCUT2D eigenvalue weighted by Crippen LogP contribution is 2.27. The molecule has 0 radical (unpaired) electrons. The highest BCUT2D eigenvalue weighted by Gasteiger charge is 2.11. The predicted octanol–water partition coefficient (Wildman–Crippen LogP) is 5.20. The van der Waals surface area contributed by atoms with Crippen LogP contribution < -0.4 is 0 Å². The molecule has 0 N–H and O–H groups in total. The van der Waals surface area contributed by atoms with Gasteiger partial charge in [-0.3, -0.25) is 4.79 Å². The third-order valence-corrected chi connectivity index (χ3v) is 5.59. The number of carbonyl (C=O) groups excluding carboxylic acids is 1. The number of hydrogen-bond donors (Lipinski definition) is 0. The molecule has 2 nitrogen and oxygen atoms in total. The molecule has 0 atom stereocenters. The van der Waals surface area contributed by atoms with Gasteiger partial charge in [-0.2, -0.15) is 0 Å². The van der Waals surface area contributed by atoms with E-state index in [4.69, 9.17) is 23.2 Å². The van der Waals surface area contributed by atoms with Gasteiger partial charge in [0.2, 0.25) is 5.91 Å². The number of carbonyl (C=O) groups is 1. The summed E-state index contributed by atoms with van der Waals surface area (Å²) in [7, 11) is 1.82. The van der Waals surface area contributed by atoms with E-state index in [9.17, 15) is 4.79 Å². The first-order valence-electron chi connectivity index (χ1n) is 6.42. The third kappa shape index (κ3) is 5.22. The average molecular weight is 360 g/mol. The number of thiophene rings is 1. The van der Waals surface area contributed by atoms with Crippen molar-refractivity contribution in [3.63, 3.8) is 0 Å². The standard InChI is InChI=1S/C15H15Cl2NOS2/c1-18(10-11-6-7-14(17)21-11)15(19)8-9-20-13-5-3-2-4-12(13)16/h2-7H,8-10H2,1H3. The Kier molecular flexibility index (Phi) is 6.42. The van der Waals surface area contributed by atoms with E-state index in [1.54, 1.807) is 16.7 Å². The van der Waals surface area contributed by atoms with Crippen molar-refractivity contribution in [2.45, 2.75) is 17.9 Å². The molecule has 2 rings (SSSR count). The van der Waals surface area contributed by atoms with Gasteiger partial charge in [0.1, 0.15) is 0 Å². The van der Waals surface area contributed by atoms with Gasteiger partial charge in [-0.15, -0.1) is 23.1 Å². The van der Waals surface area contributed by atoms with Crippen LogP contribution in [0.1, 0.15) is 11.3 Å². The molecule has 0 saturated carbocycles. The fourth-order valence-corrected chi connectivity index (χ4v) is 4.08. The summed E-state index contributed by atoms with van der Waals surface area (Å²) in [6.07, 6.45) is 0.492. The van der Waals surface area contributed by atoms with Gasteiger partial charge >= 0.3 is 0 Å². The second kappa shape index (κ2) is 8.08. The second-order valence-corrected chi connectivity index (χ2v) is 7.83. The van der Waals surface area contributed by atoms with E-state index in [1.165, 1.54) is 11.3 Å². The molecule has 1 aromatic heterocycles. The Bertz CT molecular complexity index is 615. The van der Waals surface area contributed by atoms with Gasteiger partial charge in [0.15, 0.2) is 0 Å². The molecular weight excluding hydrogens is 345 g/mol. The van der Waals surface area contributed by atoms with Crippen molar-refractivity contribution >= 4 is 52.2 Å². The molecule has 1 heterocycles. The molecular formula is C15H15Cl2NOS2. The molecule has 0 bridgehead atoms. The molecule has 0 unspecified atom stereocenters. The Morgan fingerprint density at radius 2 is 2.00 bits per heavy atom. The van der Waals surface area contributed by atoms with Crippen molar-refractivity contribution in [2.75, 3.05) is 12.8 Å². The summed E-state index contributed by atoms with van der Waals surface area (Å²) in [6.45, 7) is 0.604. The predicted molar refractivity (Wildman–Crippen MR) is 92.6 cm³/mol. The maximum absolute atomic E-state index is 12.1. The summed E-state index contributed by atoms with van der Waals surface area (Å²) in [5.41, 5.74) is 0. The van der Waals surface area contributed by atoms with Crippen LogP contribution in [0, 0.1) is 0 Å². The smallest absolute Gasteiger partial charge is 0.223 e. The average Bonchev–Trinajstić information content (AvgIpc) is 2.86. The van der Waals surface area contributed by atoms with Crippen molar-refractivity contribution in [1.29, 1.82) is 0 Å².